The minimum Gasteiger partial charge on any atom is -0.205 e. The zero-order valence-electron chi connectivity index (χ0n) is 4.97. The van der Waals surface area contributed by atoms with Crippen molar-refractivity contribution in [1.82, 2.24) is 0 Å². The maximum absolute atomic E-state index is 12.5. The van der Waals surface area contributed by atoms with E-state index in [-0.39, 0.29) is 4.90 Å². The Hall–Kier alpha value is -0.920. The zero-order valence-corrected chi connectivity index (χ0v) is 5.79. The summed E-state index contributed by atoms with van der Waals surface area (Å²) < 4.78 is 25.0. The van der Waals surface area contributed by atoms with Crippen LogP contribution in [0.2, 0.25) is 0 Å². The summed E-state index contributed by atoms with van der Waals surface area (Å²) in [4.78, 5) is -0.137. The Balaban J connectivity index is 3.34. The lowest BCUT2D eigenvalue weighted by atomic mass is 10.3. The predicted octanol–water partition coefficient (Wildman–Crippen LogP) is 2.65. The topological polar surface area (TPSA) is 0 Å². The molecule has 0 heterocycles. The molecule has 10 heavy (non-hydrogen) atoms. The first-order valence-corrected chi connectivity index (χ1v) is 3.44. The Bertz CT molecular complexity index is 268. The van der Waals surface area contributed by atoms with Gasteiger partial charge in [-0.1, -0.05) is 17.2 Å². The molecular formula is C7H4F2S. The van der Waals surface area contributed by atoms with Crippen molar-refractivity contribution < 1.29 is 8.78 Å². The van der Waals surface area contributed by atoms with Crippen molar-refractivity contribution in [1.29, 1.82) is 0 Å². The summed E-state index contributed by atoms with van der Waals surface area (Å²) in [5.41, 5.74) is 4.99. The second-order valence-corrected chi connectivity index (χ2v) is 2.31. The Morgan fingerprint density at radius 2 is 1.70 bits per heavy atom. The van der Waals surface area contributed by atoms with Crippen molar-refractivity contribution in [2.45, 2.75) is 4.90 Å². The molecule has 0 aromatic heterocycles. The fourth-order valence-corrected chi connectivity index (χ4v) is 0.956. The quantitative estimate of drug-likeness (QED) is 0.544. The average Bonchev–Trinajstić information content (AvgIpc) is 1.88. The van der Waals surface area contributed by atoms with E-state index in [1.807, 2.05) is 0 Å². The third-order valence-electron chi connectivity index (χ3n) is 1.04. The average molecular weight is 158 g/mol. The summed E-state index contributed by atoms with van der Waals surface area (Å²) in [6.45, 7) is 0. The molecule has 0 aliphatic carbocycles. The van der Waals surface area contributed by atoms with Gasteiger partial charge in [0, 0.05) is 0 Å². The van der Waals surface area contributed by atoms with E-state index >= 15 is 0 Å². The van der Waals surface area contributed by atoms with Crippen LogP contribution in [0.4, 0.5) is 8.78 Å². The first-order chi connectivity index (χ1) is 4.75. The van der Waals surface area contributed by atoms with Crippen molar-refractivity contribution in [3.8, 4) is 5.69 Å². The third-order valence-corrected chi connectivity index (χ3v) is 1.66. The molecule has 0 saturated carbocycles. The summed E-state index contributed by atoms with van der Waals surface area (Å²) in [7, 11) is 0. The molecule has 0 spiro atoms. The van der Waals surface area contributed by atoms with Crippen LogP contribution in [-0.2, 0) is 0 Å². The molecule has 3 heteroatoms. The summed E-state index contributed by atoms with van der Waals surface area (Å²) in [6.07, 6.45) is 0. The van der Waals surface area contributed by atoms with Crippen LogP contribution < -0.4 is 0 Å². The Morgan fingerprint density at radius 1 is 1.20 bits per heavy atom. The van der Waals surface area contributed by atoms with Gasteiger partial charge in [-0.3, -0.25) is 0 Å². The van der Waals surface area contributed by atoms with E-state index in [0.29, 0.717) is 11.2 Å². The second-order valence-electron chi connectivity index (χ2n) is 1.67. The summed E-state index contributed by atoms with van der Waals surface area (Å²) >= 11 is 0.572. The molecule has 1 aromatic carbocycles. The van der Waals surface area contributed by atoms with Crippen LogP contribution >= 0.6 is 11.2 Å². The van der Waals surface area contributed by atoms with Gasteiger partial charge < -0.3 is 0 Å². The SMILES string of the molecule is C#Sc1c(F)cccc1F. The highest BCUT2D eigenvalue weighted by atomic mass is 32.1. The molecule has 0 bridgehead atoms. The van der Waals surface area contributed by atoms with Crippen LogP contribution in [0.1, 0.15) is 0 Å². The largest absolute Gasteiger partial charge is 0.205 e. The molecule has 0 amide bonds. The Kier molecular flexibility index (Phi) is 2.00. The third kappa shape index (κ3) is 1.15. The molecule has 0 aliphatic heterocycles. The summed E-state index contributed by atoms with van der Waals surface area (Å²) in [5.74, 6) is -1.24. The van der Waals surface area contributed by atoms with Crippen LogP contribution in [0.3, 0.4) is 0 Å². The van der Waals surface area contributed by atoms with Gasteiger partial charge in [0.15, 0.2) is 0 Å². The van der Waals surface area contributed by atoms with Gasteiger partial charge in [0.05, 0.1) is 0 Å². The predicted molar refractivity (Wildman–Crippen MR) is 37.2 cm³/mol. The number of hydrogen-bond acceptors (Lipinski definition) is 0. The maximum atomic E-state index is 12.5. The minimum absolute atomic E-state index is 0.137. The highest BCUT2D eigenvalue weighted by Crippen LogP contribution is 2.16. The molecule has 0 saturated heterocycles. The number of rotatable bonds is 0. The van der Waals surface area contributed by atoms with E-state index in [1.165, 1.54) is 6.07 Å². The van der Waals surface area contributed by atoms with E-state index in [4.69, 9.17) is 5.69 Å². The van der Waals surface area contributed by atoms with Crippen LogP contribution in [0, 0.1) is 17.3 Å². The number of halogens is 2. The van der Waals surface area contributed by atoms with Crippen molar-refractivity contribution in [2.24, 2.45) is 0 Å². The van der Waals surface area contributed by atoms with Gasteiger partial charge in [0.2, 0.25) is 0 Å². The van der Waals surface area contributed by atoms with Gasteiger partial charge >= 0.3 is 0 Å². The fourth-order valence-electron chi connectivity index (χ4n) is 0.595. The van der Waals surface area contributed by atoms with Crippen molar-refractivity contribution >= 4 is 11.2 Å². The molecule has 0 atom stereocenters. The fraction of sp³-hybridized carbons (Fsp3) is 0. The second kappa shape index (κ2) is 2.78. The number of benzene rings is 1. The van der Waals surface area contributed by atoms with E-state index in [1.54, 1.807) is 0 Å². The van der Waals surface area contributed by atoms with Gasteiger partial charge in [-0.05, 0) is 12.1 Å². The van der Waals surface area contributed by atoms with E-state index in [9.17, 15) is 8.78 Å². The van der Waals surface area contributed by atoms with Crippen molar-refractivity contribution in [3.05, 3.63) is 29.8 Å². The zero-order chi connectivity index (χ0) is 7.56. The molecular weight excluding hydrogens is 154 g/mol. The number of hydrogen-bond donors (Lipinski definition) is 0. The van der Waals surface area contributed by atoms with Gasteiger partial charge in [0.25, 0.3) is 0 Å². The molecule has 1 aromatic rings. The van der Waals surface area contributed by atoms with Crippen LogP contribution in [0.5, 0.6) is 0 Å². The van der Waals surface area contributed by atoms with E-state index < -0.39 is 11.6 Å². The standard InChI is InChI=1S/C7H4F2S/c1-10-7-5(8)3-2-4-6(7)9/h1-4H. The van der Waals surface area contributed by atoms with Crippen molar-refractivity contribution in [2.75, 3.05) is 0 Å². The Labute approximate surface area is 61.1 Å². The van der Waals surface area contributed by atoms with E-state index in [0.717, 1.165) is 12.1 Å². The first kappa shape index (κ1) is 7.19. The normalized spacial score (nSPS) is 9.30. The Morgan fingerprint density at radius 3 is 2.00 bits per heavy atom. The van der Waals surface area contributed by atoms with E-state index in [2.05, 4.69) is 0 Å². The summed E-state index contributed by atoms with van der Waals surface area (Å²) in [5, 5.41) is 0. The van der Waals surface area contributed by atoms with Gasteiger partial charge in [-0.25, -0.2) is 8.78 Å². The van der Waals surface area contributed by atoms with Crippen LogP contribution in [0.25, 0.3) is 0 Å². The first-order valence-electron chi connectivity index (χ1n) is 2.56. The van der Waals surface area contributed by atoms with Crippen LogP contribution in [0.15, 0.2) is 23.1 Å². The lowest BCUT2D eigenvalue weighted by molar-refractivity contribution is 0.541. The minimum atomic E-state index is -0.618. The summed E-state index contributed by atoms with van der Waals surface area (Å²) in [6, 6.07) is 3.63. The molecule has 0 fully saturated rings. The monoisotopic (exact) mass is 158 g/mol. The molecule has 0 N–H and O–H groups in total. The smallest absolute Gasteiger partial charge is 0.144 e. The van der Waals surface area contributed by atoms with Crippen LogP contribution in [-0.4, -0.2) is 0 Å². The molecule has 1 rings (SSSR count). The molecule has 0 radical (unpaired) electrons. The van der Waals surface area contributed by atoms with Gasteiger partial charge in [-0.2, -0.15) is 0 Å². The molecule has 52 valence electrons. The lowest BCUT2D eigenvalue weighted by Gasteiger charge is -1.93. The highest BCUT2D eigenvalue weighted by molar-refractivity contribution is 7.88. The van der Waals surface area contributed by atoms with Crippen molar-refractivity contribution in [3.63, 3.8) is 0 Å². The molecule has 0 nitrogen and oxygen atoms in total. The molecule has 0 aliphatic rings. The van der Waals surface area contributed by atoms with Gasteiger partial charge in [0.1, 0.15) is 16.5 Å². The maximum Gasteiger partial charge on any atom is 0.144 e. The van der Waals surface area contributed by atoms with Gasteiger partial charge in [-0.15, -0.1) is 5.69 Å². The lowest BCUT2D eigenvalue weighted by Crippen LogP contribution is -1.81. The molecule has 0 unspecified atom stereocenters. The highest BCUT2D eigenvalue weighted by Gasteiger charge is 2.02.